The number of aromatic carboxylic acids is 1. The second kappa shape index (κ2) is 9.75. The summed E-state index contributed by atoms with van der Waals surface area (Å²) in [6.45, 7) is 5.01. The summed E-state index contributed by atoms with van der Waals surface area (Å²) in [4.78, 5) is 20.8. The quantitative estimate of drug-likeness (QED) is 0.495. The first kappa shape index (κ1) is 23.4. The summed E-state index contributed by atoms with van der Waals surface area (Å²) in [7, 11) is 8.11. The smallest absolute Gasteiger partial charge is 0.346 e. The van der Waals surface area contributed by atoms with Crippen LogP contribution in [0.2, 0.25) is 0 Å². The van der Waals surface area contributed by atoms with Crippen LogP contribution >= 0.6 is 11.3 Å². The van der Waals surface area contributed by atoms with Gasteiger partial charge in [0.1, 0.15) is 30.5 Å². The number of ether oxygens (including phenoxy) is 1. The molecule has 9 heteroatoms. The van der Waals surface area contributed by atoms with Gasteiger partial charge in [-0.1, -0.05) is 41.4 Å². The molecular formula is C26H27BN4O3S. The lowest BCUT2D eigenvalue weighted by molar-refractivity contribution is 0.0702. The Labute approximate surface area is 210 Å². The molecule has 0 fully saturated rings. The molecule has 1 atom stereocenters. The molecule has 0 saturated carbocycles. The number of carboxylic acids is 1. The third kappa shape index (κ3) is 5.06. The first-order valence-electron chi connectivity index (χ1n) is 11.6. The first-order valence-corrected chi connectivity index (χ1v) is 12.4. The molecule has 2 N–H and O–H groups in total. The van der Waals surface area contributed by atoms with Gasteiger partial charge < -0.3 is 20.1 Å². The number of thiophene rings is 1. The molecule has 0 bridgehead atoms. The molecule has 35 heavy (non-hydrogen) atoms. The van der Waals surface area contributed by atoms with Crippen molar-refractivity contribution < 1.29 is 14.6 Å². The summed E-state index contributed by atoms with van der Waals surface area (Å²) in [5.41, 5.74) is 5.94. The lowest BCUT2D eigenvalue weighted by Gasteiger charge is -2.31. The molecule has 4 heterocycles. The highest BCUT2D eigenvalue weighted by Gasteiger charge is 2.31. The second-order valence-electron chi connectivity index (χ2n) is 8.99. The molecule has 0 aliphatic carbocycles. The number of carbonyl (C=O) groups is 1. The highest BCUT2D eigenvalue weighted by atomic mass is 32.1. The molecule has 0 saturated heterocycles. The minimum absolute atomic E-state index is 0.123. The maximum atomic E-state index is 11.2. The van der Waals surface area contributed by atoms with Crippen molar-refractivity contribution >= 4 is 46.9 Å². The number of fused-ring (bicyclic) bond motifs is 1. The van der Waals surface area contributed by atoms with Crippen molar-refractivity contribution in [1.82, 2.24) is 9.88 Å². The number of hydrogen-bond acceptors (Lipinski definition) is 7. The molecule has 1 unspecified atom stereocenters. The molecule has 1 aromatic carbocycles. The largest absolute Gasteiger partial charge is 0.477 e. The van der Waals surface area contributed by atoms with Crippen LogP contribution in [-0.2, 0) is 6.61 Å². The monoisotopic (exact) mass is 486 g/mol. The van der Waals surface area contributed by atoms with Crippen LogP contribution in [0, 0.1) is 6.92 Å². The highest BCUT2D eigenvalue weighted by Crippen LogP contribution is 2.41. The summed E-state index contributed by atoms with van der Waals surface area (Å²) in [5, 5.41) is 13.6. The van der Waals surface area contributed by atoms with E-state index in [-0.39, 0.29) is 6.17 Å². The number of aryl methyl sites for hydroxylation is 1. The number of aromatic nitrogens is 1. The molecule has 2 aliphatic heterocycles. The molecular weight excluding hydrogens is 459 g/mol. The number of nitrogens with one attached hydrogen (secondary N) is 1. The third-order valence-corrected chi connectivity index (χ3v) is 7.57. The van der Waals surface area contributed by atoms with E-state index in [0.29, 0.717) is 17.4 Å². The van der Waals surface area contributed by atoms with E-state index in [2.05, 4.69) is 21.2 Å². The van der Waals surface area contributed by atoms with Gasteiger partial charge in [0.15, 0.2) is 0 Å². The fourth-order valence-electron chi connectivity index (χ4n) is 4.46. The molecule has 2 radical (unpaired) electrons. The predicted molar refractivity (Wildman–Crippen MR) is 141 cm³/mol. The molecule has 0 spiro atoms. The summed E-state index contributed by atoms with van der Waals surface area (Å²) < 4.78 is 5.93. The van der Waals surface area contributed by atoms with Crippen LogP contribution in [0.5, 0.6) is 5.88 Å². The lowest BCUT2D eigenvalue weighted by Crippen LogP contribution is -2.44. The Morgan fingerprint density at radius 3 is 2.89 bits per heavy atom. The third-order valence-electron chi connectivity index (χ3n) is 6.52. The zero-order chi connectivity index (χ0) is 24.5. The van der Waals surface area contributed by atoms with Crippen LogP contribution in [0.1, 0.15) is 32.9 Å². The average Bonchev–Trinajstić information content (AvgIpc) is 3.39. The second-order valence-corrected chi connectivity index (χ2v) is 10.0. The maximum absolute atomic E-state index is 11.2. The van der Waals surface area contributed by atoms with Crippen LogP contribution in [0.4, 0.5) is 10.7 Å². The van der Waals surface area contributed by atoms with E-state index in [4.69, 9.17) is 17.6 Å². The number of benzene rings is 1. The number of nitrogens with zero attached hydrogens (tertiary/aromatic N) is 3. The van der Waals surface area contributed by atoms with Crippen molar-refractivity contribution in [2.45, 2.75) is 26.1 Å². The number of rotatable bonds is 7. The Bertz CT molecular complexity index is 1290. The highest BCUT2D eigenvalue weighted by molar-refractivity contribution is 7.18. The van der Waals surface area contributed by atoms with Crippen molar-refractivity contribution in [3.63, 3.8) is 0 Å². The van der Waals surface area contributed by atoms with E-state index >= 15 is 0 Å². The number of hydrogen-bond donors (Lipinski definition) is 2. The van der Waals surface area contributed by atoms with Crippen molar-refractivity contribution in [3.8, 4) is 5.88 Å². The van der Waals surface area contributed by atoms with E-state index in [1.165, 1.54) is 16.9 Å². The fraction of sp³-hybridized carbons (Fsp3) is 0.308. The SMILES string of the molecule is [B]c1cc(C)ccc1COc1cccc(C2=CCN(CC3Nc4sc(C(=O)O)cc4N3C)CC2)n1. The van der Waals surface area contributed by atoms with E-state index in [1.54, 1.807) is 6.07 Å². The minimum Gasteiger partial charge on any atom is -0.477 e. The Kier molecular flexibility index (Phi) is 6.53. The van der Waals surface area contributed by atoms with Gasteiger partial charge >= 0.3 is 5.97 Å². The predicted octanol–water partition coefficient (Wildman–Crippen LogP) is 3.50. The molecule has 7 nitrogen and oxygen atoms in total. The zero-order valence-electron chi connectivity index (χ0n) is 19.8. The summed E-state index contributed by atoms with van der Waals surface area (Å²) >= 11 is 1.29. The van der Waals surface area contributed by atoms with Gasteiger partial charge in [0.25, 0.3) is 0 Å². The van der Waals surface area contributed by atoms with Crippen molar-refractivity contribution in [3.05, 3.63) is 70.2 Å². The fourth-order valence-corrected chi connectivity index (χ4v) is 5.44. The van der Waals surface area contributed by atoms with Crippen LogP contribution in [0.15, 0.2) is 48.5 Å². The Balaban J connectivity index is 1.18. The van der Waals surface area contributed by atoms with Crippen LogP contribution in [0.3, 0.4) is 0 Å². The molecule has 3 aromatic rings. The van der Waals surface area contributed by atoms with Gasteiger partial charge in [-0.2, -0.15) is 0 Å². The molecule has 0 amide bonds. The topological polar surface area (TPSA) is 77.9 Å². The maximum Gasteiger partial charge on any atom is 0.346 e. The van der Waals surface area contributed by atoms with Crippen LogP contribution in [0.25, 0.3) is 5.57 Å². The van der Waals surface area contributed by atoms with Gasteiger partial charge in [-0.25, -0.2) is 9.78 Å². The van der Waals surface area contributed by atoms with Crippen LogP contribution in [-0.4, -0.2) is 61.7 Å². The van der Waals surface area contributed by atoms with Gasteiger partial charge in [-0.3, -0.25) is 4.90 Å². The van der Waals surface area contributed by atoms with Gasteiger partial charge in [-0.05, 0) is 36.6 Å². The minimum atomic E-state index is -0.882. The van der Waals surface area contributed by atoms with Crippen molar-refractivity contribution in [2.75, 3.05) is 36.9 Å². The van der Waals surface area contributed by atoms with E-state index in [0.717, 1.165) is 59.0 Å². The standard InChI is InChI=1S/C26H27BN4O3S/c1-16-6-7-18(19(27)12-16)15-34-24-5-3-4-20(28-24)17-8-10-31(11-9-17)14-23-29-25-21(30(23)2)13-22(35-25)26(32)33/h3-8,12-13,23,29H,9-11,14-15H2,1-2H3,(H,32,33). The van der Waals surface area contributed by atoms with Gasteiger partial charge in [0, 0.05) is 32.7 Å². The first-order chi connectivity index (χ1) is 16.9. The van der Waals surface area contributed by atoms with Crippen molar-refractivity contribution in [2.24, 2.45) is 0 Å². The number of likely N-dealkylation sites (N-methyl/N-ethyl adjacent to an activating group) is 1. The Morgan fingerprint density at radius 1 is 1.31 bits per heavy atom. The number of carboxylic acid groups (broad SMARTS) is 1. The Morgan fingerprint density at radius 2 is 2.17 bits per heavy atom. The molecule has 2 aliphatic rings. The molecule has 5 rings (SSSR count). The number of pyridine rings is 1. The molecule has 2 aromatic heterocycles. The Hall–Kier alpha value is -3.30. The van der Waals surface area contributed by atoms with Gasteiger partial charge in [0.2, 0.25) is 5.88 Å². The normalized spacial score (nSPS) is 17.6. The van der Waals surface area contributed by atoms with Crippen LogP contribution < -0.4 is 20.4 Å². The summed E-state index contributed by atoms with van der Waals surface area (Å²) in [5.74, 6) is -0.290. The van der Waals surface area contributed by atoms with E-state index in [1.807, 2.05) is 50.4 Å². The van der Waals surface area contributed by atoms with Gasteiger partial charge in [0.05, 0.1) is 11.4 Å². The lowest BCUT2D eigenvalue weighted by atomic mass is 9.89. The summed E-state index contributed by atoms with van der Waals surface area (Å²) in [6.07, 6.45) is 3.27. The molecule has 178 valence electrons. The van der Waals surface area contributed by atoms with E-state index in [9.17, 15) is 9.90 Å². The van der Waals surface area contributed by atoms with E-state index < -0.39 is 5.97 Å². The van der Waals surface area contributed by atoms with Crippen molar-refractivity contribution in [1.29, 1.82) is 0 Å². The zero-order valence-corrected chi connectivity index (χ0v) is 20.6. The average molecular weight is 486 g/mol. The summed E-state index contributed by atoms with van der Waals surface area (Å²) in [6, 6.07) is 13.6. The van der Waals surface area contributed by atoms with Gasteiger partial charge in [-0.15, -0.1) is 11.3 Å². The number of anilines is 2.